The first kappa shape index (κ1) is 26.4. The Hall–Kier alpha value is -2.18. The Morgan fingerprint density at radius 2 is 2.00 bits per heavy atom. The van der Waals surface area contributed by atoms with Gasteiger partial charge >= 0.3 is 5.97 Å². The molecular weight excluding hydrogens is 486 g/mol. The molecular formula is C29H39N3O4S. The molecule has 0 spiro atoms. The van der Waals surface area contributed by atoms with E-state index < -0.39 is 15.9 Å². The number of esters is 1. The second-order valence-corrected chi connectivity index (χ2v) is 13.0. The number of carbonyl (C=O) groups excluding carboxylic acids is 1. The SMILES string of the molecule is CCC(C(=O)Oc1ccc(S(=O)(=O)[N-]C2CN3CCC2CC3)cc1C)C1=CCC(C)([NH+]2CCCC2)C#C1. The maximum absolute atomic E-state index is 13.2. The molecule has 2 bridgehead atoms. The van der Waals surface area contributed by atoms with Gasteiger partial charge < -0.3 is 19.3 Å². The van der Waals surface area contributed by atoms with Crippen LogP contribution in [-0.2, 0) is 14.8 Å². The number of sulfonamides is 1. The van der Waals surface area contributed by atoms with E-state index >= 15 is 0 Å². The standard InChI is InChI=1S/C29H38N3O4S/c1-4-25(22-9-13-29(3,14-10-22)32-15-5-6-16-32)28(33)36-27-8-7-24(19-21(27)2)37(34,35)30-26-20-31-17-11-23(26)12-18-31/h7-9,19,23,25-26H,4-6,11-13,15-18,20H2,1-3H3/q-1/p+1. The summed E-state index contributed by atoms with van der Waals surface area (Å²) < 4.78 is 36.2. The minimum absolute atomic E-state index is 0.0836. The van der Waals surface area contributed by atoms with Crippen molar-refractivity contribution >= 4 is 16.0 Å². The first-order chi connectivity index (χ1) is 17.7. The summed E-state index contributed by atoms with van der Waals surface area (Å²) in [7, 11) is -3.78. The summed E-state index contributed by atoms with van der Waals surface area (Å²) in [6.07, 6.45) is 8.07. The molecule has 0 radical (unpaired) electrons. The predicted octanol–water partition coefficient (Wildman–Crippen LogP) is 2.85. The molecule has 37 heavy (non-hydrogen) atoms. The van der Waals surface area contributed by atoms with E-state index in [9.17, 15) is 13.2 Å². The normalized spacial score (nSPS) is 30.4. The van der Waals surface area contributed by atoms with Gasteiger partial charge in [0.05, 0.1) is 19.0 Å². The molecule has 1 aliphatic carbocycles. The lowest BCUT2D eigenvalue weighted by Gasteiger charge is -2.51. The number of ether oxygens (including phenoxy) is 1. The smallest absolute Gasteiger partial charge is 0.319 e. The van der Waals surface area contributed by atoms with Crippen LogP contribution in [-0.4, -0.2) is 63.6 Å². The number of hydrogen-bond acceptors (Lipinski definition) is 5. The number of nitrogens with zero attached hydrogens (tertiary/aromatic N) is 2. The number of carbonyl (C=O) groups is 1. The lowest BCUT2D eigenvalue weighted by Crippen LogP contribution is -3.18. The van der Waals surface area contributed by atoms with Crippen LogP contribution >= 0.6 is 0 Å². The van der Waals surface area contributed by atoms with E-state index in [1.54, 1.807) is 19.1 Å². The number of piperidine rings is 3. The van der Waals surface area contributed by atoms with Crippen molar-refractivity contribution in [1.82, 2.24) is 4.90 Å². The first-order valence-corrected chi connectivity index (χ1v) is 15.2. The minimum Gasteiger partial charge on any atom is -0.541 e. The molecule has 4 saturated heterocycles. The summed E-state index contributed by atoms with van der Waals surface area (Å²) in [6, 6.07) is 4.47. The molecule has 0 aromatic heterocycles. The van der Waals surface area contributed by atoms with Gasteiger partial charge in [-0.25, -0.2) is 8.42 Å². The van der Waals surface area contributed by atoms with Gasteiger partial charge in [-0.1, -0.05) is 24.8 Å². The monoisotopic (exact) mass is 525 g/mol. The van der Waals surface area contributed by atoms with E-state index in [-0.39, 0.29) is 22.4 Å². The summed E-state index contributed by atoms with van der Waals surface area (Å²) in [5.41, 5.74) is 1.35. The van der Waals surface area contributed by atoms with E-state index in [0.29, 0.717) is 30.2 Å². The van der Waals surface area contributed by atoms with E-state index in [4.69, 9.17) is 4.74 Å². The van der Waals surface area contributed by atoms with Crippen molar-refractivity contribution in [3.05, 3.63) is 40.1 Å². The van der Waals surface area contributed by atoms with Crippen LogP contribution in [0.5, 0.6) is 5.75 Å². The van der Waals surface area contributed by atoms with Crippen LogP contribution in [0.15, 0.2) is 34.7 Å². The molecule has 1 N–H and O–H groups in total. The summed E-state index contributed by atoms with van der Waals surface area (Å²) in [5.74, 6) is 6.69. The average molecular weight is 526 g/mol. The average Bonchev–Trinajstić information content (AvgIpc) is 3.44. The van der Waals surface area contributed by atoms with Crippen LogP contribution < -0.4 is 9.64 Å². The third kappa shape index (κ3) is 5.51. The number of likely N-dealkylation sites (tertiary alicyclic amines) is 1. The first-order valence-electron chi connectivity index (χ1n) is 13.8. The van der Waals surface area contributed by atoms with Crippen molar-refractivity contribution < 1.29 is 22.8 Å². The molecule has 7 nitrogen and oxygen atoms in total. The summed E-state index contributed by atoms with van der Waals surface area (Å²) in [6.45, 7) is 11.1. The van der Waals surface area contributed by atoms with Crippen LogP contribution in [0.25, 0.3) is 4.72 Å². The maximum atomic E-state index is 13.2. The molecule has 0 amide bonds. The van der Waals surface area contributed by atoms with Gasteiger partial charge in [0.25, 0.3) is 0 Å². The zero-order valence-corrected chi connectivity index (χ0v) is 23.1. The molecule has 6 rings (SSSR count). The third-order valence-corrected chi connectivity index (χ3v) is 10.2. The minimum atomic E-state index is -3.78. The largest absolute Gasteiger partial charge is 0.541 e. The molecule has 1 aromatic carbocycles. The Morgan fingerprint density at radius 1 is 1.27 bits per heavy atom. The fraction of sp³-hybridized carbons (Fsp3) is 0.621. The lowest BCUT2D eigenvalue weighted by molar-refractivity contribution is -0.929. The van der Waals surface area contributed by atoms with Gasteiger partial charge in [0.1, 0.15) is 15.8 Å². The van der Waals surface area contributed by atoms with Gasteiger partial charge in [-0.3, -0.25) is 4.79 Å². The zero-order valence-electron chi connectivity index (χ0n) is 22.3. The number of hydrogen-bond donors (Lipinski definition) is 1. The van der Waals surface area contributed by atoms with E-state index in [1.807, 2.05) is 6.92 Å². The summed E-state index contributed by atoms with van der Waals surface area (Å²) in [4.78, 5) is 17.1. The van der Waals surface area contributed by atoms with Gasteiger partial charge in [-0.05, 0) is 75.5 Å². The van der Waals surface area contributed by atoms with Crippen molar-refractivity contribution in [3.8, 4) is 17.6 Å². The van der Waals surface area contributed by atoms with Gasteiger partial charge in [0.2, 0.25) is 0 Å². The van der Waals surface area contributed by atoms with Gasteiger partial charge in [-0.15, -0.1) is 6.04 Å². The molecule has 4 fully saturated rings. The Labute approximate surface area is 221 Å². The molecule has 4 heterocycles. The number of fused-ring (bicyclic) bond motifs is 3. The highest BCUT2D eigenvalue weighted by Gasteiger charge is 2.38. The van der Waals surface area contributed by atoms with Crippen LogP contribution in [0.3, 0.4) is 0 Å². The quantitative estimate of drug-likeness (QED) is 0.321. The molecule has 1 aromatic rings. The van der Waals surface area contributed by atoms with Gasteiger partial charge in [0.15, 0.2) is 5.54 Å². The molecule has 8 heteroatoms. The summed E-state index contributed by atoms with van der Waals surface area (Å²) >= 11 is 0. The van der Waals surface area contributed by atoms with Gasteiger partial charge in [-0.2, -0.15) is 0 Å². The number of quaternary nitrogens is 1. The number of aryl methyl sites for hydroxylation is 1. The fourth-order valence-corrected chi connectivity index (χ4v) is 7.61. The van der Waals surface area contributed by atoms with Crippen molar-refractivity contribution in [2.45, 2.75) is 75.8 Å². The van der Waals surface area contributed by atoms with E-state index in [1.165, 1.54) is 23.8 Å². The van der Waals surface area contributed by atoms with Crippen LogP contribution in [0.2, 0.25) is 0 Å². The Morgan fingerprint density at radius 3 is 2.57 bits per heavy atom. The second kappa shape index (κ2) is 10.5. The topological polar surface area (TPSA) is 82.2 Å². The number of rotatable bonds is 8. The highest BCUT2D eigenvalue weighted by atomic mass is 32.2. The van der Waals surface area contributed by atoms with Crippen molar-refractivity contribution in [2.24, 2.45) is 11.8 Å². The summed E-state index contributed by atoms with van der Waals surface area (Å²) in [5, 5.41) is 0. The van der Waals surface area contributed by atoms with E-state index in [2.05, 4.69) is 34.5 Å². The van der Waals surface area contributed by atoms with Crippen LogP contribution in [0.4, 0.5) is 0 Å². The Balaban J connectivity index is 1.24. The lowest BCUT2D eigenvalue weighted by atomic mass is 9.85. The fourth-order valence-electron chi connectivity index (χ4n) is 6.32. The number of nitrogens with one attached hydrogen (secondary N) is 1. The van der Waals surface area contributed by atoms with Crippen molar-refractivity contribution in [2.75, 3.05) is 32.7 Å². The number of benzene rings is 1. The van der Waals surface area contributed by atoms with Crippen LogP contribution in [0.1, 0.15) is 57.9 Å². The molecule has 4 aliphatic heterocycles. The van der Waals surface area contributed by atoms with E-state index in [0.717, 1.165) is 51.0 Å². The maximum Gasteiger partial charge on any atom is 0.319 e. The Kier molecular flexibility index (Phi) is 7.52. The molecule has 200 valence electrons. The highest BCUT2D eigenvalue weighted by Crippen LogP contribution is 2.35. The molecule has 3 atom stereocenters. The molecule has 5 aliphatic rings. The third-order valence-electron chi connectivity index (χ3n) is 8.82. The predicted molar refractivity (Wildman–Crippen MR) is 143 cm³/mol. The van der Waals surface area contributed by atoms with Crippen molar-refractivity contribution in [1.29, 1.82) is 0 Å². The molecule has 3 unspecified atom stereocenters. The second-order valence-electron chi connectivity index (χ2n) is 11.4. The Bertz CT molecular complexity index is 1230. The highest BCUT2D eigenvalue weighted by molar-refractivity contribution is 7.94. The zero-order chi connectivity index (χ0) is 26.2. The van der Waals surface area contributed by atoms with Crippen molar-refractivity contribution in [3.63, 3.8) is 0 Å². The van der Waals surface area contributed by atoms with Crippen LogP contribution in [0, 0.1) is 30.6 Å². The molecule has 0 saturated carbocycles. The van der Waals surface area contributed by atoms with Gasteiger partial charge in [0, 0.05) is 36.7 Å².